The first-order valence-electron chi connectivity index (χ1n) is 10.8. The lowest BCUT2D eigenvalue weighted by molar-refractivity contribution is -0.0155. The van der Waals surface area contributed by atoms with Crippen molar-refractivity contribution in [2.45, 2.75) is 50.8 Å². The minimum absolute atomic E-state index is 0.130. The van der Waals surface area contributed by atoms with Crippen LogP contribution in [0.15, 0.2) is 59.5 Å². The lowest BCUT2D eigenvalue weighted by Crippen LogP contribution is -2.41. The van der Waals surface area contributed by atoms with Crippen LogP contribution in [0, 0.1) is 6.92 Å². The van der Waals surface area contributed by atoms with Gasteiger partial charge in [0.25, 0.3) is 11.8 Å². The third-order valence-corrected chi connectivity index (χ3v) is 6.94. The Morgan fingerprint density at radius 2 is 1.53 bits per heavy atom. The molecule has 2 amide bonds. The summed E-state index contributed by atoms with van der Waals surface area (Å²) in [4.78, 5) is 26.1. The van der Waals surface area contributed by atoms with Gasteiger partial charge in [-0.2, -0.15) is 8.42 Å². The van der Waals surface area contributed by atoms with Gasteiger partial charge in [-0.3, -0.25) is 9.59 Å². The fraction of sp³-hybridized carbons (Fsp3) is 0.280. The van der Waals surface area contributed by atoms with Crippen molar-refractivity contribution in [1.29, 1.82) is 0 Å². The number of unbranched alkanes of at least 4 members (excludes halogenated alkanes) is 3. The second kappa shape index (κ2) is 8.84. The van der Waals surface area contributed by atoms with Crippen LogP contribution in [0.25, 0.3) is 10.8 Å². The summed E-state index contributed by atoms with van der Waals surface area (Å²) in [7, 11) is -4.36. The van der Waals surface area contributed by atoms with Crippen molar-refractivity contribution >= 4 is 32.7 Å². The molecule has 0 radical (unpaired) electrons. The molecular weight excluding hydrogens is 426 g/mol. The van der Waals surface area contributed by atoms with Crippen LogP contribution in [0.4, 0.5) is 0 Å². The van der Waals surface area contributed by atoms with E-state index < -0.39 is 21.9 Å². The molecule has 0 aromatic heterocycles. The average Bonchev–Trinajstić information content (AvgIpc) is 2.78. The van der Waals surface area contributed by atoms with Gasteiger partial charge in [-0.1, -0.05) is 62.1 Å². The van der Waals surface area contributed by atoms with Gasteiger partial charge in [0.15, 0.2) is 0 Å². The molecule has 6 nitrogen and oxygen atoms in total. The van der Waals surface area contributed by atoms with Gasteiger partial charge in [0.2, 0.25) is 0 Å². The number of hydroxylamine groups is 2. The van der Waals surface area contributed by atoms with E-state index in [0.29, 0.717) is 10.4 Å². The zero-order chi connectivity index (χ0) is 22.9. The van der Waals surface area contributed by atoms with Crippen molar-refractivity contribution in [2.24, 2.45) is 0 Å². The zero-order valence-electron chi connectivity index (χ0n) is 18.1. The molecule has 32 heavy (non-hydrogen) atoms. The molecule has 166 valence electrons. The first kappa shape index (κ1) is 22.2. The molecule has 0 spiro atoms. The van der Waals surface area contributed by atoms with Gasteiger partial charge in [-0.15, -0.1) is 9.35 Å². The van der Waals surface area contributed by atoms with Gasteiger partial charge in [-0.25, -0.2) is 0 Å². The Labute approximate surface area is 187 Å². The summed E-state index contributed by atoms with van der Waals surface area (Å²) in [5.41, 5.74) is 2.46. The number of carbonyl (C=O) groups is 2. The molecule has 0 atom stereocenters. The van der Waals surface area contributed by atoms with E-state index in [1.807, 2.05) is 19.1 Å². The van der Waals surface area contributed by atoms with E-state index in [1.54, 1.807) is 30.3 Å². The van der Waals surface area contributed by atoms with E-state index >= 15 is 0 Å². The van der Waals surface area contributed by atoms with Gasteiger partial charge in [0, 0.05) is 5.39 Å². The molecule has 1 aliphatic rings. The van der Waals surface area contributed by atoms with E-state index in [-0.39, 0.29) is 16.0 Å². The molecule has 0 aliphatic carbocycles. The number of hydrogen-bond donors (Lipinski definition) is 0. The van der Waals surface area contributed by atoms with Crippen LogP contribution >= 0.6 is 0 Å². The first-order chi connectivity index (χ1) is 15.3. The maximum Gasteiger partial charge on any atom is 0.318 e. The molecule has 0 bridgehead atoms. The Morgan fingerprint density at radius 3 is 2.22 bits per heavy atom. The number of carbonyl (C=O) groups excluding carboxylic acids is 2. The molecule has 0 unspecified atom stereocenters. The van der Waals surface area contributed by atoms with Crippen molar-refractivity contribution in [3.63, 3.8) is 0 Å². The second-order valence-electron chi connectivity index (χ2n) is 8.06. The van der Waals surface area contributed by atoms with Gasteiger partial charge in [-0.05, 0) is 55.0 Å². The van der Waals surface area contributed by atoms with Crippen LogP contribution in [0.1, 0.15) is 64.4 Å². The largest absolute Gasteiger partial charge is 0.318 e. The summed E-state index contributed by atoms with van der Waals surface area (Å²) in [6, 6.07) is 14.8. The molecule has 3 aromatic carbocycles. The van der Waals surface area contributed by atoms with Crippen LogP contribution in [0.3, 0.4) is 0 Å². The van der Waals surface area contributed by atoms with E-state index in [9.17, 15) is 18.0 Å². The number of hydrogen-bond acceptors (Lipinski definition) is 5. The third kappa shape index (κ3) is 4.06. The molecule has 0 fully saturated rings. The Kier molecular flexibility index (Phi) is 6.13. The van der Waals surface area contributed by atoms with E-state index in [2.05, 4.69) is 6.92 Å². The van der Waals surface area contributed by atoms with Crippen LogP contribution in [-0.2, 0) is 20.8 Å². The Balaban J connectivity index is 1.69. The average molecular weight is 452 g/mol. The van der Waals surface area contributed by atoms with Crippen molar-refractivity contribution < 1.29 is 22.3 Å². The number of rotatable bonds is 8. The SMILES string of the molecule is CCCCCCc1ccc2c3c(cccc13)C(=O)N(OS(=O)(=O)c1ccc(C)cc1)C2=O. The summed E-state index contributed by atoms with van der Waals surface area (Å²) in [5.74, 6) is -1.57. The van der Waals surface area contributed by atoms with Crippen molar-refractivity contribution in [2.75, 3.05) is 0 Å². The molecule has 0 saturated carbocycles. The standard InChI is InChI=1S/C25H25NO5S/c1-3-4-5-6-8-18-13-16-22-23-20(18)9-7-10-21(23)24(27)26(25(22)28)31-32(29,30)19-14-11-17(2)12-15-19/h7,9-16H,3-6,8H2,1-2H3. The fourth-order valence-electron chi connectivity index (χ4n) is 4.01. The number of benzene rings is 3. The fourth-order valence-corrected chi connectivity index (χ4v) is 4.90. The van der Waals surface area contributed by atoms with Crippen LogP contribution < -0.4 is 0 Å². The van der Waals surface area contributed by atoms with Crippen LogP contribution in [0.2, 0.25) is 0 Å². The van der Waals surface area contributed by atoms with E-state index in [4.69, 9.17) is 4.28 Å². The predicted octanol–water partition coefficient (Wildman–Crippen LogP) is 5.19. The molecular formula is C25H25NO5S. The molecule has 4 rings (SSSR count). The number of nitrogens with zero attached hydrogens (tertiary/aromatic N) is 1. The molecule has 0 saturated heterocycles. The lowest BCUT2D eigenvalue weighted by atomic mass is 9.90. The van der Waals surface area contributed by atoms with E-state index in [1.165, 1.54) is 18.6 Å². The second-order valence-corrected chi connectivity index (χ2v) is 9.59. The minimum Gasteiger partial charge on any atom is -0.266 e. The van der Waals surface area contributed by atoms with Crippen LogP contribution in [0.5, 0.6) is 0 Å². The normalized spacial score (nSPS) is 13.8. The summed E-state index contributed by atoms with van der Waals surface area (Å²) >= 11 is 0. The zero-order valence-corrected chi connectivity index (χ0v) is 18.9. The molecule has 7 heteroatoms. The Bertz CT molecular complexity index is 1270. The van der Waals surface area contributed by atoms with Crippen molar-refractivity contribution in [3.05, 3.63) is 76.9 Å². The number of amides is 2. The highest BCUT2D eigenvalue weighted by Gasteiger charge is 2.38. The number of aryl methyl sites for hydroxylation is 2. The van der Waals surface area contributed by atoms with E-state index in [0.717, 1.165) is 42.2 Å². The molecule has 3 aromatic rings. The smallest absolute Gasteiger partial charge is 0.266 e. The first-order valence-corrected chi connectivity index (χ1v) is 12.2. The lowest BCUT2D eigenvalue weighted by Gasteiger charge is -2.26. The minimum atomic E-state index is -4.36. The van der Waals surface area contributed by atoms with Gasteiger partial charge in [0.1, 0.15) is 0 Å². The molecule has 1 aliphatic heterocycles. The topological polar surface area (TPSA) is 80.8 Å². The van der Waals surface area contributed by atoms with Gasteiger partial charge in [0.05, 0.1) is 16.0 Å². The highest BCUT2D eigenvalue weighted by Crippen LogP contribution is 2.34. The van der Waals surface area contributed by atoms with Crippen LogP contribution in [-0.4, -0.2) is 25.3 Å². The summed E-state index contributed by atoms with van der Waals surface area (Å²) in [6.45, 7) is 3.98. The van der Waals surface area contributed by atoms with Gasteiger partial charge < -0.3 is 0 Å². The third-order valence-electron chi connectivity index (χ3n) is 5.74. The predicted molar refractivity (Wildman–Crippen MR) is 122 cm³/mol. The van der Waals surface area contributed by atoms with Crippen molar-refractivity contribution in [3.8, 4) is 0 Å². The molecule has 0 N–H and O–H groups in total. The summed E-state index contributed by atoms with van der Waals surface area (Å²) in [5, 5.41) is 1.76. The Morgan fingerprint density at radius 1 is 0.844 bits per heavy atom. The monoisotopic (exact) mass is 451 g/mol. The summed E-state index contributed by atoms with van der Waals surface area (Å²) < 4.78 is 30.5. The van der Waals surface area contributed by atoms with Gasteiger partial charge >= 0.3 is 10.1 Å². The highest BCUT2D eigenvalue weighted by atomic mass is 32.2. The maximum atomic E-state index is 13.1. The van der Waals surface area contributed by atoms with Crippen molar-refractivity contribution in [1.82, 2.24) is 5.06 Å². The quantitative estimate of drug-likeness (QED) is 0.348. The summed E-state index contributed by atoms with van der Waals surface area (Å²) in [6.07, 6.45) is 5.31. The maximum absolute atomic E-state index is 13.1. The number of imide groups is 1. The molecule has 1 heterocycles. The Hall–Kier alpha value is -3.03. The highest BCUT2D eigenvalue weighted by molar-refractivity contribution is 7.86.